The summed E-state index contributed by atoms with van der Waals surface area (Å²) in [6.07, 6.45) is -0.544. The molecule has 0 amide bonds. The van der Waals surface area contributed by atoms with Crippen LogP contribution in [0.15, 0.2) is 0 Å². The van der Waals surface area contributed by atoms with E-state index in [0.717, 1.165) is 0 Å². The van der Waals surface area contributed by atoms with Crippen molar-refractivity contribution in [2.75, 3.05) is 6.54 Å². The Hall–Kier alpha value is -0.452. The molecule has 0 aromatic heterocycles. The monoisotopic (exact) mass is 413 g/mol. The van der Waals surface area contributed by atoms with E-state index in [-0.39, 0.29) is 27.0 Å². The second kappa shape index (κ2) is 8.67. The van der Waals surface area contributed by atoms with E-state index in [0.29, 0.717) is 18.9 Å². The Morgan fingerprint density at radius 2 is 1.88 bits per heavy atom. The first-order chi connectivity index (χ1) is 6.88. The van der Waals surface area contributed by atoms with Gasteiger partial charge in [0, 0.05) is 27.5 Å². The summed E-state index contributed by atoms with van der Waals surface area (Å²) >= 11 is 0. The molecule has 98 valence electrons. The molecule has 2 unspecified atom stereocenters. The molecule has 0 saturated heterocycles. The van der Waals surface area contributed by atoms with Crippen LogP contribution >= 0.6 is 0 Å². The minimum atomic E-state index is -1.64. The molecular weight excluding hydrogens is 395 g/mol. The van der Waals surface area contributed by atoms with Crippen LogP contribution in [0, 0.1) is 11.8 Å². The zero-order chi connectivity index (χ0) is 12.0. The fraction of sp³-hybridized carbons (Fsp3) is 0.778. The summed E-state index contributed by atoms with van der Waals surface area (Å²) in [7, 11) is 0. The van der Waals surface area contributed by atoms with Gasteiger partial charge >= 0.3 is 11.9 Å². The molecule has 2 atom stereocenters. The van der Waals surface area contributed by atoms with Crippen molar-refractivity contribution in [3.8, 4) is 0 Å². The molecule has 0 aliphatic heterocycles. The van der Waals surface area contributed by atoms with Crippen LogP contribution in [0.3, 0.4) is 0 Å². The van der Waals surface area contributed by atoms with Crippen LogP contribution in [0.4, 0.5) is 0 Å². The Labute approximate surface area is 109 Å². The number of aliphatic carboxylic acids is 1. The maximum atomic E-state index is 10.7. The quantitative estimate of drug-likeness (QED) is 0.319. The molecule has 0 saturated carbocycles. The molecule has 6 nitrogen and oxygen atoms in total. The fourth-order valence-corrected chi connectivity index (χ4v) is 1.17. The fourth-order valence-electron chi connectivity index (χ4n) is 1.17. The summed E-state index contributed by atoms with van der Waals surface area (Å²) in [5.41, 5.74) is 11.0. The number of hydrogen-bond acceptors (Lipinski definition) is 5. The first kappa shape index (κ1) is 17.9. The first-order valence-electron chi connectivity index (χ1n) is 4.78. The van der Waals surface area contributed by atoms with Gasteiger partial charge in [-0.1, -0.05) is 13.8 Å². The smallest absolute Gasteiger partial charge is 0.418 e. The maximum Gasteiger partial charge on any atom is 0.418 e. The van der Waals surface area contributed by atoms with Crippen LogP contribution in [-0.4, -0.2) is 29.8 Å². The van der Waals surface area contributed by atoms with E-state index in [9.17, 15) is 9.59 Å². The van der Waals surface area contributed by atoms with Crippen molar-refractivity contribution in [3.63, 3.8) is 0 Å². The second-order valence-corrected chi connectivity index (χ2v) is 3.72. The van der Waals surface area contributed by atoms with Gasteiger partial charge in [-0.15, -0.1) is 0 Å². The molecule has 16 heavy (non-hydrogen) atoms. The van der Waals surface area contributed by atoms with Gasteiger partial charge < -0.3 is 15.6 Å². The molecular formula is C9H18N2O4Pt. The van der Waals surface area contributed by atoms with E-state index in [1.165, 1.54) is 0 Å². The largest absolute Gasteiger partial charge is 0.473 e. The normalized spacial score (nSPS) is 13.8. The predicted molar refractivity (Wildman–Crippen MR) is 53.7 cm³/mol. The van der Waals surface area contributed by atoms with Gasteiger partial charge in [0.15, 0.2) is 6.23 Å². The summed E-state index contributed by atoms with van der Waals surface area (Å²) in [6.45, 7) is 4.38. The van der Waals surface area contributed by atoms with E-state index in [1.54, 1.807) is 0 Å². The summed E-state index contributed by atoms with van der Waals surface area (Å²) in [5.74, 6) is -2.55. The number of carbonyl (C=O) groups is 2. The number of nitrogens with two attached hydrogens (primary N) is 2. The van der Waals surface area contributed by atoms with Gasteiger partial charge in [-0.05, 0) is 18.4 Å². The van der Waals surface area contributed by atoms with E-state index in [1.807, 2.05) is 13.8 Å². The molecule has 5 N–H and O–H groups in total. The van der Waals surface area contributed by atoms with E-state index in [4.69, 9.17) is 16.6 Å². The molecule has 7 heteroatoms. The summed E-state index contributed by atoms with van der Waals surface area (Å²) in [6, 6.07) is 0. The Bertz CT molecular complexity index is 236. The third-order valence-electron chi connectivity index (χ3n) is 2.21. The van der Waals surface area contributed by atoms with Crippen LogP contribution in [0.5, 0.6) is 0 Å². The van der Waals surface area contributed by atoms with Crippen LogP contribution < -0.4 is 11.5 Å². The van der Waals surface area contributed by atoms with Crippen LogP contribution in [0.25, 0.3) is 0 Å². The molecule has 0 rings (SSSR count). The summed E-state index contributed by atoms with van der Waals surface area (Å²) < 4.78 is 4.48. The Balaban J connectivity index is 0. The Kier molecular flexibility index (Phi) is 9.72. The topological polar surface area (TPSA) is 116 Å². The number of carboxylic acids is 1. The molecule has 0 aromatic rings. The number of rotatable bonds is 5. The van der Waals surface area contributed by atoms with Gasteiger partial charge in [0.1, 0.15) is 0 Å². The summed E-state index contributed by atoms with van der Waals surface area (Å²) in [4.78, 5) is 20.8. The second-order valence-electron chi connectivity index (χ2n) is 3.72. The predicted octanol–water partition coefficient (Wildman–Crippen LogP) is -0.482. The minimum absolute atomic E-state index is 0. The molecule has 0 aliphatic rings. The van der Waals surface area contributed by atoms with Crippen LogP contribution in [0.2, 0.25) is 0 Å². The van der Waals surface area contributed by atoms with Gasteiger partial charge in [0.05, 0.1) is 0 Å². The van der Waals surface area contributed by atoms with Gasteiger partial charge in [-0.25, -0.2) is 9.59 Å². The zero-order valence-electron chi connectivity index (χ0n) is 9.29. The van der Waals surface area contributed by atoms with Gasteiger partial charge in [-0.2, -0.15) is 0 Å². The molecule has 0 heterocycles. The van der Waals surface area contributed by atoms with Crippen molar-refractivity contribution in [1.29, 1.82) is 0 Å². The molecule has 0 fully saturated rings. The van der Waals surface area contributed by atoms with E-state index in [2.05, 4.69) is 4.74 Å². The van der Waals surface area contributed by atoms with E-state index < -0.39 is 18.2 Å². The summed E-state index contributed by atoms with van der Waals surface area (Å²) in [5, 5.41) is 8.28. The standard InChI is InChI=1S/C9H18N2O4.Pt/c1-5(2)6(4-10)3-7(11)15-9(14)8(12)13;/h5-7H,3-4,10-11H2,1-2H3,(H,12,13);. The molecule has 0 radical (unpaired) electrons. The van der Waals surface area contributed by atoms with Crippen molar-refractivity contribution >= 4 is 11.9 Å². The van der Waals surface area contributed by atoms with E-state index >= 15 is 0 Å². The number of carboxylic acid groups (broad SMARTS) is 1. The molecule has 0 spiro atoms. The van der Waals surface area contributed by atoms with Crippen molar-refractivity contribution in [2.24, 2.45) is 23.3 Å². The maximum absolute atomic E-state index is 10.7. The SMILES string of the molecule is CC(C)C(CN)CC(N)OC(=O)C(=O)O.[Pt]. The number of ether oxygens (including phenoxy) is 1. The zero-order valence-corrected chi connectivity index (χ0v) is 11.6. The third-order valence-corrected chi connectivity index (χ3v) is 2.21. The van der Waals surface area contributed by atoms with Crippen molar-refractivity contribution in [3.05, 3.63) is 0 Å². The number of hydrogen-bond donors (Lipinski definition) is 3. The Morgan fingerprint density at radius 1 is 1.38 bits per heavy atom. The number of esters is 1. The molecule has 0 bridgehead atoms. The van der Waals surface area contributed by atoms with Crippen LogP contribution in [-0.2, 0) is 35.4 Å². The average Bonchev–Trinajstić information content (AvgIpc) is 2.13. The molecule has 0 aromatic carbocycles. The van der Waals surface area contributed by atoms with Crippen molar-refractivity contribution < 1.29 is 40.5 Å². The number of carbonyl (C=O) groups excluding carboxylic acids is 1. The van der Waals surface area contributed by atoms with Gasteiger partial charge in [-0.3, -0.25) is 5.73 Å². The van der Waals surface area contributed by atoms with Crippen molar-refractivity contribution in [1.82, 2.24) is 0 Å². The molecule has 0 aliphatic carbocycles. The minimum Gasteiger partial charge on any atom is -0.473 e. The average molecular weight is 413 g/mol. The van der Waals surface area contributed by atoms with Crippen LogP contribution in [0.1, 0.15) is 20.3 Å². The Morgan fingerprint density at radius 3 is 2.19 bits per heavy atom. The van der Waals surface area contributed by atoms with Gasteiger partial charge in [0.2, 0.25) is 0 Å². The van der Waals surface area contributed by atoms with Crippen molar-refractivity contribution in [2.45, 2.75) is 26.5 Å². The first-order valence-corrected chi connectivity index (χ1v) is 4.78. The third kappa shape index (κ3) is 6.93. The van der Waals surface area contributed by atoms with Gasteiger partial charge in [0.25, 0.3) is 0 Å².